The van der Waals surface area contributed by atoms with Crippen molar-refractivity contribution in [1.82, 2.24) is 14.5 Å². The van der Waals surface area contributed by atoms with Gasteiger partial charge in [-0.2, -0.15) is 10.2 Å². The number of hydrogen-bond donors (Lipinski definition) is 1. The number of halogens is 2. The molecule has 0 bridgehead atoms. The molecule has 218 valence electrons. The van der Waals surface area contributed by atoms with Gasteiger partial charge >= 0.3 is 0 Å². The maximum absolute atomic E-state index is 14.2. The molecule has 0 radical (unpaired) electrons. The number of benzene rings is 2. The largest absolute Gasteiger partial charge is 0.493 e. The highest BCUT2D eigenvalue weighted by Gasteiger charge is 2.33. The molecular weight excluding hydrogens is 570 g/mol. The van der Waals surface area contributed by atoms with Crippen molar-refractivity contribution < 1.29 is 31.8 Å². The molecular formula is C29H26F2N4O6S. The van der Waals surface area contributed by atoms with E-state index in [1.54, 1.807) is 13.8 Å². The van der Waals surface area contributed by atoms with E-state index in [0.717, 1.165) is 16.7 Å². The Balaban J connectivity index is 1.91. The van der Waals surface area contributed by atoms with Crippen LogP contribution in [0.4, 0.5) is 8.78 Å². The maximum atomic E-state index is 14.2. The molecule has 4 rings (SSSR count). The zero-order valence-corrected chi connectivity index (χ0v) is 23.6. The lowest BCUT2D eigenvalue weighted by molar-refractivity contribution is 0.0554. The number of sulfone groups is 1. The number of rotatable bonds is 10. The zero-order valence-electron chi connectivity index (χ0n) is 22.8. The highest BCUT2D eigenvalue weighted by molar-refractivity contribution is 7.91. The third-order valence-electron chi connectivity index (χ3n) is 6.27. The molecule has 0 aliphatic carbocycles. The van der Waals surface area contributed by atoms with Gasteiger partial charge in [-0.05, 0) is 55.3 Å². The Kier molecular flexibility index (Phi) is 9.11. The van der Waals surface area contributed by atoms with Crippen LogP contribution in [0.5, 0.6) is 5.88 Å². The second-order valence-corrected chi connectivity index (χ2v) is 11.3. The molecule has 1 N–H and O–H groups in total. The summed E-state index contributed by atoms with van der Waals surface area (Å²) in [6.45, 7) is 2.81. The molecule has 13 heteroatoms. The van der Waals surface area contributed by atoms with Crippen LogP contribution >= 0.6 is 0 Å². The van der Waals surface area contributed by atoms with E-state index < -0.39 is 43.8 Å². The molecule has 1 atom stereocenters. The van der Waals surface area contributed by atoms with E-state index in [1.807, 2.05) is 6.07 Å². The van der Waals surface area contributed by atoms with Crippen molar-refractivity contribution in [2.45, 2.75) is 42.4 Å². The Labute approximate surface area is 240 Å². The Bertz CT molecular complexity index is 1800. The van der Waals surface area contributed by atoms with E-state index in [0.29, 0.717) is 22.8 Å². The highest BCUT2D eigenvalue weighted by atomic mass is 32.2. The van der Waals surface area contributed by atoms with Gasteiger partial charge in [-0.3, -0.25) is 14.3 Å². The lowest BCUT2D eigenvalue weighted by atomic mass is 10.0. The van der Waals surface area contributed by atoms with Crippen LogP contribution in [0.2, 0.25) is 0 Å². The summed E-state index contributed by atoms with van der Waals surface area (Å²) < 4.78 is 67.7. The lowest BCUT2D eigenvalue weighted by Crippen LogP contribution is -2.30. The summed E-state index contributed by atoms with van der Waals surface area (Å²) in [5.74, 6) is -3.03. The topological polar surface area (TPSA) is 144 Å². The molecule has 42 heavy (non-hydrogen) atoms. The van der Waals surface area contributed by atoms with Gasteiger partial charge in [0.1, 0.15) is 24.1 Å². The molecule has 0 fully saturated rings. The van der Waals surface area contributed by atoms with Gasteiger partial charge in [0.15, 0.2) is 4.90 Å². The normalized spacial score (nSPS) is 12.3. The van der Waals surface area contributed by atoms with Crippen molar-refractivity contribution in [2.75, 3.05) is 13.7 Å². The lowest BCUT2D eigenvalue weighted by Gasteiger charge is -2.26. The molecule has 0 saturated carbocycles. The first kappa shape index (κ1) is 30.4. The molecule has 0 spiro atoms. The fraction of sp³-hybridized carbons (Fsp3) is 0.241. The minimum Gasteiger partial charge on any atom is -0.493 e. The Morgan fingerprint density at radius 1 is 1.10 bits per heavy atom. The number of hydrogen-bond acceptors (Lipinski definition) is 9. The summed E-state index contributed by atoms with van der Waals surface area (Å²) in [4.78, 5) is 19.7. The summed E-state index contributed by atoms with van der Waals surface area (Å²) in [6.07, 6.45) is 2.57. The van der Waals surface area contributed by atoms with Crippen LogP contribution in [0.3, 0.4) is 0 Å². The van der Waals surface area contributed by atoms with Crippen LogP contribution in [0.25, 0.3) is 11.1 Å². The number of methoxy groups -OCH3 is 1. The van der Waals surface area contributed by atoms with E-state index in [4.69, 9.17) is 9.47 Å². The number of nitriles is 1. The van der Waals surface area contributed by atoms with Gasteiger partial charge in [-0.25, -0.2) is 17.2 Å². The first-order valence-electron chi connectivity index (χ1n) is 12.6. The monoisotopic (exact) mass is 596 g/mol. The predicted octanol–water partition coefficient (Wildman–Crippen LogP) is 4.15. The minimum absolute atomic E-state index is 0.0154. The molecule has 0 aliphatic heterocycles. The van der Waals surface area contributed by atoms with Gasteiger partial charge in [0.05, 0.1) is 35.3 Å². The van der Waals surface area contributed by atoms with Crippen LogP contribution in [-0.4, -0.2) is 47.9 Å². The first-order valence-corrected chi connectivity index (χ1v) is 14.1. The molecule has 2 aromatic carbocycles. The minimum atomic E-state index is -4.69. The third kappa shape index (κ3) is 6.20. The molecule has 2 heterocycles. The van der Waals surface area contributed by atoms with E-state index >= 15 is 0 Å². The molecule has 10 nitrogen and oxygen atoms in total. The van der Waals surface area contributed by atoms with Crippen LogP contribution < -0.4 is 5.56 Å². The number of aromatic hydroxyl groups is 1. The third-order valence-corrected chi connectivity index (χ3v) is 8.06. The highest BCUT2D eigenvalue weighted by Crippen LogP contribution is 2.33. The van der Waals surface area contributed by atoms with Crippen LogP contribution in [0.1, 0.15) is 36.8 Å². The Hall–Kier alpha value is -4.51. The quantitative estimate of drug-likeness (QED) is 0.285. The number of nitrogens with zero attached hydrogens (tertiary/aromatic N) is 4. The summed E-state index contributed by atoms with van der Waals surface area (Å²) in [7, 11) is -3.38. The van der Waals surface area contributed by atoms with Gasteiger partial charge in [0.25, 0.3) is 5.56 Å². The fourth-order valence-corrected chi connectivity index (χ4v) is 5.70. The van der Waals surface area contributed by atoms with Gasteiger partial charge in [0.2, 0.25) is 15.7 Å². The van der Waals surface area contributed by atoms with Crippen molar-refractivity contribution >= 4 is 9.84 Å². The second kappa shape index (κ2) is 12.6. The van der Waals surface area contributed by atoms with Crippen LogP contribution in [0, 0.1) is 23.0 Å². The summed E-state index contributed by atoms with van der Waals surface area (Å²) >= 11 is 0. The summed E-state index contributed by atoms with van der Waals surface area (Å²) in [5, 5.41) is 20.8. The first-order chi connectivity index (χ1) is 20.0. The second-order valence-electron chi connectivity index (χ2n) is 9.45. The van der Waals surface area contributed by atoms with Crippen molar-refractivity contribution in [3.05, 3.63) is 99.9 Å². The van der Waals surface area contributed by atoms with Crippen molar-refractivity contribution in [3.8, 4) is 23.1 Å². The molecule has 0 unspecified atom stereocenters. The van der Waals surface area contributed by atoms with Crippen LogP contribution in [0.15, 0.2) is 75.5 Å². The summed E-state index contributed by atoms with van der Waals surface area (Å²) in [5.41, 5.74) is 0.0135. The zero-order chi connectivity index (χ0) is 30.6. The average Bonchev–Trinajstić information content (AvgIpc) is 2.94. The number of pyridine rings is 1. The van der Waals surface area contributed by atoms with E-state index in [2.05, 4.69) is 9.97 Å². The van der Waals surface area contributed by atoms with Gasteiger partial charge < -0.3 is 14.6 Å². The molecule has 0 aliphatic rings. The van der Waals surface area contributed by atoms with E-state index in [9.17, 15) is 32.4 Å². The number of aromatic nitrogens is 3. The Morgan fingerprint density at radius 2 is 1.76 bits per heavy atom. The molecule has 4 aromatic rings. The summed E-state index contributed by atoms with van der Waals surface area (Å²) in [6, 6.07) is 10.3. The van der Waals surface area contributed by atoms with E-state index in [-0.39, 0.29) is 35.6 Å². The van der Waals surface area contributed by atoms with Crippen LogP contribution in [-0.2, 0) is 25.9 Å². The smallest absolute Gasteiger partial charge is 0.296 e. The molecule has 0 saturated heterocycles. The predicted molar refractivity (Wildman–Crippen MR) is 146 cm³/mol. The van der Waals surface area contributed by atoms with Gasteiger partial charge in [-0.15, -0.1) is 0 Å². The maximum Gasteiger partial charge on any atom is 0.296 e. The van der Waals surface area contributed by atoms with Crippen molar-refractivity contribution in [1.29, 1.82) is 5.26 Å². The Morgan fingerprint density at radius 3 is 2.36 bits per heavy atom. The fourth-order valence-electron chi connectivity index (χ4n) is 4.35. The van der Waals surface area contributed by atoms with Gasteiger partial charge in [-0.1, -0.05) is 12.1 Å². The SMILES string of the molecule is COC[C@@H](c1cc(F)cc(F)c1)n1c(COC(C)C)nc(=O)c(S(=O)(=O)c2ccc(-c3cnccc3C#N)cc2)c1O. The molecule has 2 aromatic heterocycles. The van der Waals surface area contributed by atoms with Gasteiger partial charge in [0, 0.05) is 31.1 Å². The molecule has 0 amide bonds. The number of ether oxygens (including phenoxy) is 2. The average molecular weight is 597 g/mol. The van der Waals surface area contributed by atoms with Crippen molar-refractivity contribution in [3.63, 3.8) is 0 Å². The van der Waals surface area contributed by atoms with Crippen molar-refractivity contribution in [2.24, 2.45) is 0 Å². The van der Waals surface area contributed by atoms with E-state index in [1.165, 1.54) is 49.8 Å². The standard InChI is InChI=1S/C29H26F2N4O6S/c1-17(2)41-16-26-34-28(36)27(29(37)35(26)25(15-40-3)20-10-21(30)12-22(31)11-20)42(38,39)23-6-4-18(5-7-23)24-14-33-9-8-19(24)13-32/h4-12,14,17,25,37H,15-16H2,1-3H3/t25-/m0/s1.